The van der Waals surface area contributed by atoms with Crippen molar-refractivity contribution in [2.24, 2.45) is 15.8 Å². The van der Waals surface area contributed by atoms with Crippen LogP contribution < -0.4 is 11.1 Å². The number of hydrogen-bond acceptors (Lipinski definition) is 4. The second kappa shape index (κ2) is 5.91. The molecule has 1 fully saturated rings. The summed E-state index contributed by atoms with van der Waals surface area (Å²) in [5.74, 6) is 1.60. The highest BCUT2D eigenvalue weighted by Gasteiger charge is 2.26. The molecule has 1 aliphatic heterocycles. The number of allylic oxidation sites excluding steroid dienone is 1. The Kier molecular flexibility index (Phi) is 4.24. The summed E-state index contributed by atoms with van der Waals surface area (Å²) in [4.78, 5) is 4.44. The monoisotopic (exact) mass is 261 g/mol. The van der Waals surface area contributed by atoms with Crippen LogP contribution >= 0.6 is 0 Å². The normalized spacial score (nSPS) is 21.5. The van der Waals surface area contributed by atoms with Crippen molar-refractivity contribution in [3.8, 4) is 0 Å². The van der Waals surface area contributed by atoms with E-state index >= 15 is 0 Å². The van der Waals surface area contributed by atoms with Gasteiger partial charge in [-0.15, -0.1) is 0 Å². The number of hydrogen-bond donors (Lipinski definition) is 2. The van der Waals surface area contributed by atoms with Crippen LogP contribution in [0.4, 0.5) is 0 Å². The standard InChI is InChI=1S/C14H23N5/c1-4-13-10(2)17-11(3)19(16-9-15)14(13)18-12-7-5-6-8-12/h9,12,18H,3-8H2,1-2H3,(H2,15,16). The summed E-state index contributed by atoms with van der Waals surface area (Å²) in [5.41, 5.74) is 7.64. The van der Waals surface area contributed by atoms with Crippen LogP contribution in [0.1, 0.15) is 46.0 Å². The molecule has 2 aliphatic rings. The fourth-order valence-electron chi connectivity index (χ4n) is 2.76. The molecule has 0 unspecified atom stereocenters. The SMILES string of the molecule is C=C1N=C(C)C(CC)=C(NC2CCCC2)N1/N=C\N. The predicted molar refractivity (Wildman–Crippen MR) is 79.5 cm³/mol. The van der Waals surface area contributed by atoms with Gasteiger partial charge < -0.3 is 11.1 Å². The Balaban J connectivity index is 2.32. The molecule has 0 aromatic carbocycles. The van der Waals surface area contributed by atoms with Crippen molar-refractivity contribution in [1.29, 1.82) is 0 Å². The smallest absolute Gasteiger partial charge is 0.148 e. The van der Waals surface area contributed by atoms with Crippen molar-refractivity contribution in [3.05, 3.63) is 23.8 Å². The van der Waals surface area contributed by atoms with E-state index in [9.17, 15) is 0 Å². The summed E-state index contributed by atoms with van der Waals surface area (Å²) in [6.45, 7) is 8.10. The molecule has 104 valence electrons. The minimum atomic E-state index is 0.519. The van der Waals surface area contributed by atoms with E-state index in [1.165, 1.54) is 37.6 Å². The Morgan fingerprint density at radius 1 is 1.53 bits per heavy atom. The van der Waals surface area contributed by atoms with Crippen LogP contribution in [0.15, 0.2) is 33.9 Å². The third-order valence-electron chi connectivity index (χ3n) is 3.71. The molecule has 0 aromatic heterocycles. The summed E-state index contributed by atoms with van der Waals surface area (Å²) in [6.07, 6.45) is 7.20. The molecule has 1 saturated carbocycles. The molecular weight excluding hydrogens is 238 g/mol. The maximum Gasteiger partial charge on any atom is 0.148 e. The van der Waals surface area contributed by atoms with Crippen LogP contribution in [-0.2, 0) is 0 Å². The van der Waals surface area contributed by atoms with Crippen LogP contribution in [0.3, 0.4) is 0 Å². The lowest BCUT2D eigenvalue weighted by molar-refractivity contribution is 0.379. The summed E-state index contributed by atoms with van der Waals surface area (Å²) in [7, 11) is 0. The third-order valence-corrected chi connectivity index (χ3v) is 3.71. The zero-order valence-corrected chi connectivity index (χ0v) is 11.8. The highest BCUT2D eigenvalue weighted by atomic mass is 15.5. The van der Waals surface area contributed by atoms with E-state index in [4.69, 9.17) is 5.73 Å². The Hall–Kier alpha value is -1.78. The lowest BCUT2D eigenvalue weighted by Gasteiger charge is -2.31. The average Bonchev–Trinajstić information content (AvgIpc) is 2.87. The molecule has 0 radical (unpaired) electrons. The van der Waals surface area contributed by atoms with E-state index in [1.54, 1.807) is 5.01 Å². The Morgan fingerprint density at radius 3 is 2.79 bits per heavy atom. The second-order valence-electron chi connectivity index (χ2n) is 5.00. The van der Waals surface area contributed by atoms with Gasteiger partial charge in [0, 0.05) is 17.3 Å². The molecule has 19 heavy (non-hydrogen) atoms. The average molecular weight is 261 g/mol. The number of rotatable bonds is 4. The van der Waals surface area contributed by atoms with Gasteiger partial charge in [0.1, 0.15) is 18.0 Å². The predicted octanol–water partition coefficient (Wildman–Crippen LogP) is 2.29. The summed E-state index contributed by atoms with van der Waals surface area (Å²) in [5, 5.41) is 9.50. The lowest BCUT2D eigenvalue weighted by Crippen LogP contribution is -2.37. The van der Waals surface area contributed by atoms with E-state index in [2.05, 4.69) is 28.9 Å². The minimum Gasteiger partial charge on any atom is -0.388 e. The summed E-state index contributed by atoms with van der Waals surface area (Å²) < 4.78 is 0. The van der Waals surface area contributed by atoms with Gasteiger partial charge >= 0.3 is 0 Å². The van der Waals surface area contributed by atoms with Gasteiger partial charge in [0.15, 0.2) is 0 Å². The molecule has 3 N–H and O–H groups in total. The van der Waals surface area contributed by atoms with Crippen LogP contribution in [0, 0.1) is 0 Å². The van der Waals surface area contributed by atoms with Gasteiger partial charge in [0.25, 0.3) is 0 Å². The van der Waals surface area contributed by atoms with Crippen molar-refractivity contribution in [2.75, 3.05) is 0 Å². The molecule has 5 nitrogen and oxygen atoms in total. The first-order valence-electron chi connectivity index (χ1n) is 6.96. The molecule has 0 amide bonds. The Bertz CT molecular complexity index is 441. The van der Waals surface area contributed by atoms with Gasteiger partial charge in [-0.05, 0) is 26.2 Å². The number of nitrogens with zero attached hydrogens (tertiary/aromatic N) is 3. The molecule has 0 saturated heterocycles. The van der Waals surface area contributed by atoms with E-state index < -0.39 is 0 Å². The zero-order chi connectivity index (χ0) is 13.8. The fraction of sp³-hybridized carbons (Fsp3) is 0.571. The highest BCUT2D eigenvalue weighted by Crippen LogP contribution is 2.27. The quantitative estimate of drug-likeness (QED) is 0.603. The Labute approximate surface area is 115 Å². The first kappa shape index (κ1) is 13.6. The van der Waals surface area contributed by atoms with Gasteiger partial charge in [-0.2, -0.15) is 10.1 Å². The molecule has 1 aliphatic carbocycles. The van der Waals surface area contributed by atoms with Crippen molar-refractivity contribution >= 4 is 12.1 Å². The minimum absolute atomic E-state index is 0.519. The molecule has 1 heterocycles. The second-order valence-corrected chi connectivity index (χ2v) is 5.00. The molecule has 0 spiro atoms. The topological polar surface area (TPSA) is 66.0 Å². The molecule has 0 atom stereocenters. The maximum absolute atomic E-state index is 5.44. The Morgan fingerprint density at radius 2 is 2.21 bits per heavy atom. The zero-order valence-electron chi connectivity index (χ0n) is 11.8. The maximum atomic E-state index is 5.44. The molecular formula is C14H23N5. The van der Waals surface area contributed by atoms with Crippen molar-refractivity contribution in [1.82, 2.24) is 10.3 Å². The lowest BCUT2D eigenvalue weighted by atomic mass is 10.1. The van der Waals surface area contributed by atoms with E-state index in [0.29, 0.717) is 11.9 Å². The van der Waals surface area contributed by atoms with E-state index in [-0.39, 0.29) is 0 Å². The first-order valence-corrected chi connectivity index (χ1v) is 6.96. The van der Waals surface area contributed by atoms with Crippen LogP contribution in [0.2, 0.25) is 0 Å². The van der Waals surface area contributed by atoms with Crippen molar-refractivity contribution < 1.29 is 0 Å². The van der Waals surface area contributed by atoms with Gasteiger partial charge in [-0.3, -0.25) is 0 Å². The van der Waals surface area contributed by atoms with Gasteiger partial charge in [0.05, 0.1) is 0 Å². The van der Waals surface area contributed by atoms with Gasteiger partial charge in [-0.25, -0.2) is 4.99 Å². The third kappa shape index (κ3) is 2.80. The van der Waals surface area contributed by atoms with Gasteiger partial charge in [-0.1, -0.05) is 26.3 Å². The molecule has 0 bridgehead atoms. The van der Waals surface area contributed by atoms with Crippen LogP contribution in [0.25, 0.3) is 0 Å². The van der Waals surface area contributed by atoms with Crippen molar-refractivity contribution in [3.63, 3.8) is 0 Å². The molecule has 5 heteroatoms. The summed E-state index contributed by atoms with van der Waals surface area (Å²) in [6, 6.07) is 0.519. The number of hydrazone groups is 1. The largest absolute Gasteiger partial charge is 0.388 e. The number of nitrogens with one attached hydrogen (secondary N) is 1. The van der Waals surface area contributed by atoms with Crippen LogP contribution in [-0.4, -0.2) is 23.1 Å². The van der Waals surface area contributed by atoms with Gasteiger partial charge in [0.2, 0.25) is 0 Å². The molecule has 2 rings (SSSR count). The number of nitrogens with two attached hydrogens (primary N) is 1. The molecule has 0 aromatic rings. The summed E-state index contributed by atoms with van der Waals surface area (Å²) >= 11 is 0. The first-order chi connectivity index (χ1) is 9.17. The fourth-order valence-corrected chi connectivity index (χ4v) is 2.76. The highest BCUT2D eigenvalue weighted by molar-refractivity contribution is 6.00. The van der Waals surface area contributed by atoms with Crippen LogP contribution in [0.5, 0.6) is 0 Å². The van der Waals surface area contributed by atoms with Crippen molar-refractivity contribution in [2.45, 2.75) is 52.0 Å². The number of aliphatic imine (C=N–C) groups is 1. The van der Waals surface area contributed by atoms with E-state index in [1.807, 2.05) is 6.92 Å². The van der Waals surface area contributed by atoms with E-state index in [0.717, 1.165) is 18.0 Å².